The van der Waals surface area contributed by atoms with Gasteiger partial charge in [0.25, 0.3) is 0 Å². The number of hydrogen-bond acceptors (Lipinski definition) is 1. The van der Waals surface area contributed by atoms with Crippen molar-refractivity contribution in [3.05, 3.63) is 65.5 Å². The third kappa shape index (κ3) is 1.54. The van der Waals surface area contributed by atoms with E-state index in [2.05, 4.69) is 53.4 Å². The number of aryl methyl sites for hydroxylation is 1. The van der Waals surface area contributed by atoms with E-state index >= 15 is 0 Å². The maximum atomic E-state index is 4.43. The van der Waals surface area contributed by atoms with Gasteiger partial charge >= 0.3 is 0 Å². The lowest BCUT2D eigenvalue weighted by Crippen LogP contribution is -2.35. The largest absolute Gasteiger partial charge is 0.346 e. The van der Waals surface area contributed by atoms with Crippen LogP contribution in [-0.4, -0.2) is 9.97 Å². The summed E-state index contributed by atoms with van der Waals surface area (Å²) in [4.78, 5) is 7.76. The lowest BCUT2D eigenvalue weighted by molar-refractivity contribution is 0.304. The zero-order valence-electron chi connectivity index (χ0n) is 11.7. The van der Waals surface area contributed by atoms with Gasteiger partial charge in [-0.15, -0.1) is 0 Å². The normalized spacial score (nSPS) is 17.1. The average molecular weight is 262 g/mol. The fourth-order valence-corrected chi connectivity index (χ4v) is 3.47. The van der Waals surface area contributed by atoms with Gasteiger partial charge in [-0.05, 0) is 43.0 Å². The van der Waals surface area contributed by atoms with Gasteiger partial charge in [0.1, 0.15) is 5.65 Å². The second-order valence-corrected chi connectivity index (χ2v) is 5.90. The molecule has 4 rings (SSSR count). The molecular weight excluding hydrogens is 244 g/mol. The molecule has 1 saturated carbocycles. The molecule has 0 amide bonds. The SMILES string of the molecule is Cc1ccc(C2(c3c[nH]c4ncccc34)CCC2)cc1. The molecule has 0 saturated heterocycles. The molecule has 2 nitrogen and oxygen atoms in total. The van der Waals surface area contributed by atoms with Crippen LogP contribution < -0.4 is 0 Å². The molecule has 1 N–H and O–H groups in total. The van der Waals surface area contributed by atoms with Gasteiger partial charge < -0.3 is 4.98 Å². The maximum Gasteiger partial charge on any atom is 0.137 e. The van der Waals surface area contributed by atoms with Gasteiger partial charge in [-0.25, -0.2) is 4.98 Å². The molecule has 1 aliphatic carbocycles. The van der Waals surface area contributed by atoms with E-state index < -0.39 is 0 Å². The van der Waals surface area contributed by atoms with E-state index in [4.69, 9.17) is 0 Å². The molecule has 0 radical (unpaired) electrons. The lowest BCUT2D eigenvalue weighted by atomic mass is 9.60. The van der Waals surface area contributed by atoms with Crippen LogP contribution in [0.2, 0.25) is 0 Å². The first kappa shape index (κ1) is 11.7. The van der Waals surface area contributed by atoms with Crippen LogP contribution >= 0.6 is 0 Å². The molecule has 1 aliphatic rings. The molecule has 0 bridgehead atoms. The van der Waals surface area contributed by atoms with Gasteiger partial charge in [0.2, 0.25) is 0 Å². The Balaban J connectivity index is 1.91. The highest BCUT2D eigenvalue weighted by Crippen LogP contribution is 2.50. The van der Waals surface area contributed by atoms with E-state index in [-0.39, 0.29) is 5.41 Å². The molecule has 0 unspecified atom stereocenters. The third-order valence-electron chi connectivity index (χ3n) is 4.78. The molecule has 2 heteroatoms. The summed E-state index contributed by atoms with van der Waals surface area (Å²) in [7, 11) is 0. The van der Waals surface area contributed by atoms with Gasteiger partial charge in [0.05, 0.1) is 0 Å². The second-order valence-electron chi connectivity index (χ2n) is 5.90. The molecule has 0 atom stereocenters. The van der Waals surface area contributed by atoms with Crippen molar-refractivity contribution in [2.24, 2.45) is 0 Å². The summed E-state index contributed by atoms with van der Waals surface area (Å²) in [6, 6.07) is 13.3. The van der Waals surface area contributed by atoms with Gasteiger partial charge in [0, 0.05) is 23.2 Å². The molecule has 20 heavy (non-hydrogen) atoms. The lowest BCUT2D eigenvalue weighted by Gasteiger charge is -2.42. The molecule has 0 spiro atoms. The quantitative estimate of drug-likeness (QED) is 0.731. The first-order chi connectivity index (χ1) is 9.79. The van der Waals surface area contributed by atoms with Crippen molar-refractivity contribution in [1.82, 2.24) is 9.97 Å². The molecule has 0 aliphatic heterocycles. The monoisotopic (exact) mass is 262 g/mol. The Labute approximate surface area is 118 Å². The number of rotatable bonds is 2. The number of aromatic nitrogens is 2. The Hall–Kier alpha value is -2.09. The van der Waals surface area contributed by atoms with Gasteiger partial charge in [0.15, 0.2) is 0 Å². The fourth-order valence-electron chi connectivity index (χ4n) is 3.47. The highest BCUT2D eigenvalue weighted by molar-refractivity contribution is 5.82. The molecule has 1 fully saturated rings. The molecule has 100 valence electrons. The number of nitrogens with zero attached hydrogens (tertiary/aromatic N) is 1. The number of hydrogen-bond donors (Lipinski definition) is 1. The summed E-state index contributed by atoms with van der Waals surface area (Å²) in [5, 5.41) is 1.27. The Bertz CT molecular complexity index is 748. The van der Waals surface area contributed by atoms with Crippen molar-refractivity contribution in [3.8, 4) is 0 Å². The number of fused-ring (bicyclic) bond motifs is 1. The Morgan fingerprint density at radius 2 is 1.90 bits per heavy atom. The molecule has 2 heterocycles. The number of pyridine rings is 1. The molecular formula is C18H18N2. The summed E-state index contributed by atoms with van der Waals surface area (Å²) in [5.41, 5.74) is 5.37. The Morgan fingerprint density at radius 1 is 1.10 bits per heavy atom. The van der Waals surface area contributed by atoms with Crippen molar-refractivity contribution in [2.75, 3.05) is 0 Å². The van der Waals surface area contributed by atoms with Crippen molar-refractivity contribution in [1.29, 1.82) is 0 Å². The van der Waals surface area contributed by atoms with Gasteiger partial charge in [-0.2, -0.15) is 0 Å². The summed E-state index contributed by atoms with van der Waals surface area (Å²) >= 11 is 0. The van der Waals surface area contributed by atoms with Crippen LogP contribution in [0.25, 0.3) is 11.0 Å². The van der Waals surface area contributed by atoms with Crippen molar-refractivity contribution < 1.29 is 0 Å². The van der Waals surface area contributed by atoms with E-state index in [9.17, 15) is 0 Å². The Morgan fingerprint density at radius 3 is 2.60 bits per heavy atom. The van der Waals surface area contributed by atoms with E-state index in [0.29, 0.717) is 0 Å². The second kappa shape index (κ2) is 4.20. The summed E-state index contributed by atoms with van der Waals surface area (Å²) < 4.78 is 0. The van der Waals surface area contributed by atoms with E-state index in [0.717, 1.165) is 5.65 Å². The van der Waals surface area contributed by atoms with Crippen molar-refractivity contribution in [3.63, 3.8) is 0 Å². The van der Waals surface area contributed by atoms with Crippen LogP contribution in [0.1, 0.15) is 36.0 Å². The highest BCUT2D eigenvalue weighted by atomic mass is 14.8. The fraction of sp³-hybridized carbons (Fsp3) is 0.278. The van der Waals surface area contributed by atoms with Crippen LogP contribution in [0.3, 0.4) is 0 Å². The van der Waals surface area contributed by atoms with E-state index in [1.165, 1.54) is 41.3 Å². The van der Waals surface area contributed by atoms with Crippen molar-refractivity contribution in [2.45, 2.75) is 31.6 Å². The van der Waals surface area contributed by atoms with E-state index in [1.54, 1.807) is 0 Å². The molecule has 1 aromatic carbocycles. The average Bonchev–Trinajstić information content (AvgIpc) is 2.84. The Kier molecular flexibility index (Phi) is 2.46. The standard InChI is InChI=1S/C18H18N2/c1-13-5-7-14(8-6-13)18(9-3-10-18)16-12-20-17-15(16)4-2-11-19-17/h2,4-8,11-12H,3,9-10H2,1H3,(H,19,20). The highest BCUT2D eigenvalue weighted by Gasteiger charge is 2.41. The van der Waals surface area contributed by atoms with Gasteiger partial charge in [-0.3, -0.25) is 0 Å². The van der Waals surface area contributed by atoms with E-state index in [1.807, 2.05) is 12.3 Å². The summed E-state index contributed by atoms with van der Waals surface area (Å²) in [6.45, 7) is 2.15. The smallest absolute Gasteiger partial charge is 0.137 e. The molecule has 2 aromatic heterocycles. The number of nitrogens with one attached hydrogen (secondary N) is 1. The van der Waals surface area contributed by atoms with Crippen LogP contribution in [0.5, 0.6) is 0 Å². The first-order valence-electron chi connectivity index (χ1n) is 7.29. The predicted octanol–water partition coefficient (Wildman–Crippen LogP) is 4.34. The first-order valence-corrected chi connectivity index (χ1v) is 7.29. The zero-order valence-corrected chi connectivity index (χ0v) is 11.7. The van der Waals surface area contributed by atoms with Crippen LogP contribution in [-0.2, 0) is 5.41 Å². The minimum Gasteiger partial charge on any atom is -0.346 e. The number of H-pyrrole nitrogens is 1. The summed E-state index contributed by atoms with van der Waals surface area (Å²) in [6.07, 6.45) is 7.79. The third-order valence-corrected chi connectivity index (χ3v) is 4.78. The van der Waals surface area contributed by atoms with Gasteiger partial charge in [-0.1, -0.05) is 36.2 Å². The molecule has 3 aromatic rings. The zero-order chi connectivity index (χ0) is 13.6. The number of benzene rings is 1. The van der Waals surface area contributed by atoms with Crippen molar-refractivity contribution >= 4 is 11.0 Å². The maximum absolute atomic E-state index is 4.43. The number of aromatic amines is 1. The van der Waals surface area contributed by atoms with Crippen LogP contribution in [0, 0.1) is 6.92 Å². The van der Waals surface area contributed by atoms with Crippen LogP contribution in [0.15, 0.2) is 48.8 Å². The minimum absolute atomic E-state index is 0.189. The topological polar surface area (TPSA) is 28.7 Å². The predicted molar refractivity (Wildman–Crippen MR) is 81.9 cm³/mol. The summed E-state index contributed by atoms with van der Waals surface area (Å²) in [5.74, 6) is 0. The van der Waals surface area contributed by atoms with Crippen LogP contribution in [0.4, 0.5) is 0 Å². The minimum atomic E-state index is 0.189.